The number of halogens is 1. The highest BCUT2D eigenvalue weighted by molar-refractivity contribution is 14.0. The lowest BCUT2D eigenvalue weighted by Crippen LogP contribution is -2.48. The van der Waals surface area contributed by atoms with E-state index in [4.69, 9.17) is 4.99 Å². The molecule has 25 heavy (non-hydrogen) atoms. The van der Waals surface area contributed by atoms with Gasteiger partial charge in [0.05, 0.1) is 12.7 Å². The van der Waals surface area contributed by atoms with Crippen LogP contribution in [0.1, 0.15) is 37.3 Å². The van der Waals surface area contributed by atoms with Gasteiger partial charge < -0.3 is 10.6 Å². The summed E-state index contributed by atoms with van der Waals surface area (Å²) in [6.07, 6.45) is 7.66. The van der Waals surface area contributed by atoms with Gasteiger partial charge in [-0.15, -0.1) is 24.0 Å². The summed E-state index contributed by atoms with van der Waals surface area (Å²) in [7, 11) is 1.93. The molecule has 0 spiro atoms. The summed E-state index contributed by atoms with van der Waals surface area (Å²) in [6, 6.07) is 10.9. The van der Waals surface area contributed by atoms with Crippen molar-refractivity contribution in [3.05, 3.63) is 53.9 Å². The first-order chi connectivity index (χ1) is 11.7. The second kappa shape index (κ2) is 9.22. The molecule has 5 nitrogen and oxygen atoms in total. The highest BCUT2D eigenvalue weighted by atomic mass is 127. The van der Waals surface area contributed by atoms with E-state index in [0.29, 0.717) is 6.54 Å². The SMILES string of the molecule is CCNC(=NCc1cnn(C)c1)NCC1(c2ccccc2)CCC1.I. The van der Waals surface area contributed by atoms with Gasteiger partial charge >= 0.3 is 0 Å². The van der Waals surface area contributed by atoms with Gasteiger partial charge in [-0.1, -0.05) is 36.8 Å². The van der Waals surface area contributed by atoms with E-state index in [2.05, 4.69) is 53.0 Å². The summed E-state index contributed by atoms with van der Waals surface area (Å²) in [6.45, 7) is 4.52. The third kappa shape index (κ3) is 4.96. The van der Waals surface area contributed by atoms with Crippen LogP contribution >= 0.6 is 24.0 Å². The van der Waals surface area contributed by atoms with Crippen LogP contribution in [0.2, 0.25) is 0 Å². The molecule has 1 fully saturated rings. The van der Waals surface area contributed by atoms with Crippen LogP contribution in [0.4, 0.5) is 0 Å². The molecule has 1 aromatic heterocycles. The zero-order valence-electron chi connectivity index (χ0n) is 15.0. The van der Waals surface area contributed by atoms with Crippen molar-refractivity contribution in [1.82, 2.24) is 20.4 Å². The Labute approximate surface area is 167 Å². The van der Waals surface area contributed by atoms with Gasteiger partial charge in [0.15, 0.2) is 5.96 Å². The molecule has 1 heterocycles. The van der Waals surface area contributed by atoms with Crippen molar-refractivity contribution in [1.29, 1.82) is 0 Å². The van der Waals surface area contributed by atoms with Gasteiger partial charge in [0.1, 0.15) is 0 Å². The lowest BCUT2D eigenvalue weighted by molar-refractivity contribution is 0.244. The van der Waals surface area contributed by atoms with Gasteiger partial charge in [0.25, 0.3) is 0 Å². The number of rotatable bonds is 6. The average molecular weight is 453 g/mol. The maximum Gasteiger partial charge on any atom is 0.191 e. The highest BCUT2D eigenvalue weighted by Crippen LogP contribution is 2.43. The van der Waals surface area contributed by atoms with Crippen molar-refractivity contribution < 1.29 is 0 Å². The molecule has 0 unspecified atom stereocenters. The summed E-state index contributed by atoms with van der Waals surface area (Å²) in [5.41, 5.74) is 2.81. The topological polar surface area (TPSA) is 54.2 Å². The number of hydrogen-bond donors (Lipinski definition) is 2. The zero-order chi connectivity index (χ0) is 16.8. The van der Waals surface area contributed by atoms with Crippen molar-refractivity contribution >= 4 is 29.9 Å². The molecule has 0 saturated heterocycles. The van der Waals surface area contributed by atoms with Crippen LogP contribution in [0.3, 0.4) is 0 Å². The Morgan fingerprint density at radius 3 is 2.56 bits per heavy atom. The highest BCUT2D eigenvalue weighted by Gasteiger charge is 2.38. The van der Waals surface area contributed by atoms with E-state index >= 15 is 0 Å². The molecule has 0 bridgehead atoms. The Kier molecular flexibility index (Phi) is 7.28. The van der Waals surface area contributed by atoms with Gasteiger partial charge in [0, 0.05) is 37.3 Å². The third-order valence-electron chi connectivity index (χ3n) is 4.81. The maximum absolute atomic E-state index is 4.69. The summed E-state index contributed by atoms with van der Waals surface area (Å²) in [5.74, 6) is 0.878. The summed E-state index contributed by atoms with van der Waals surface area (Å²) < 4.78 is 1.81. The smallest absolute Gasteiger partial charge is 0.191 e. The van der Waals surface area contributed by atoms with E-state index in [1.165, 1.54) is 24.8 Å². The molecule has 0 atom stereocenters. The van der Waals surface area contributed by atoms with Crippen LogP contribution in [-0.4, -0.2) is 28.8 Å². The van der Waals surface area contributed by atoms with E-state index in [1.807, 2.05) is 24.1 Å². The molecule has 1 aliphatic rings. The fourth-order valence-corrected chi connectivity index (χ4v) is 3.28. The molecule has 6 heteroatoms. The largest absolute Gasteiger partial charge is 0.357 e. The summed E-state index contributed by atoms with van der Waals surface area (Å²) in [4.78, 5) is 4.69. The Balaban J connectivity index is 0.00000225. The third-order valence-corrected chi connectivity index (χ3v) is 4.81. The maximum atomic E-state index is 4.69. The first-order valence-electron chi connectivity index (χ1n) is 8.77. The minimum atomic E-state index is 0. The van der Waals surface area contributed by atoms with Crippen LogP contribution in [0.25, 0.3) is 0 Å². The Morgan fingerprint density at radius 2 is 2.00 bits per heavy atom. The van der Waals surface area contributed by atoms with Crippen LogP contribution in [0.5, 0.6) is 0 Å². The molecule has 1 saturated carbocycles. The molecule has 3 rings (SSSR count). The number of nitrogens with zero attached hydrogens (tertiary/aromatic N) is 3. The molecule has 136 valence electrons. The molecular formula is C19H28IN5. The molecule has 0 aliphatic heterocycles. The predicted molar refractivity (Wildman–Crippen MR) is 113 cm³/mol. The summed E-state index contributed by atoms with van der Waals surface area (Å²) >= 11 is 0. The van der Waals surface area contributed by atoms with Crippen LogP contribution < -0.4 is 10.6 Å². The molecular weight excluding hydrogens is 425 g/mol. The number of guanidine groups is 1. The minimum Gasteiger partial charge on any atom is -0.357 e. The molecule has 2 N–H and O–H groups in total. The van der Waals surface area contributed by atoms with Crippen molar-refractivity contribution in [2.75, 3.05) is 13.1 Å². The van der Waals surface area contributed by atoms with Gasteiger partial charge in [-0.2, -0.15) is 5.10 Å². The normalized spacial score (nSPS) is 15.8. The van der Waals surface area contributed by atoms with Gasteiger partial charge in [-0.05, 0) is 25.3 Å². The minimum absolute atomic E-state index is 0. The average Bonchev–Trinajstić information content (AvgIpc) is 2.98. The second-order valence-electron chi connectivity index (χ2n) is 6.57. The van der Waals surface area contributed by atoms with E-state index < -0.39 is 0 Å². The number of hydrogen-bond acceptors (Lipinski definition) is 2. The van der Waals surface area contributed by atoms with Crippen LogP contribution in [0.15, 0.2) is 47.7 Å². The predicted octanol–water partition coefficient (Wildman–Crippen LogP) is 3.22. The number of aromatic nitrogens is 2. The Morgan fingerprint density at radius 1 is 1.24 bits per heavy atom. The van der Waals surface area contributed by atoms with Gasteiger partial charge in [-0.25, -0.2) is 4.99 Å². The molecule has 1 aromatic carbocycles. The fourth-order valence-electron chi connectivity index (χ4n) is 3.28. The van der Waals surface area contributed by atoms with E-state index in [1.54, 1.807) is 0 Å². The molecule has 2 aromatic rings. The van der Waals surface area contributed by atoms with Crippen LogP contribution in [-0.2, 0) is 19.0 Å². The molecule has 0 radical (unpaired) electrons. The molecule has 1 aliphatic carbocycles. The number of aliphatic imine (C=N–C) groups is 1. The Hall–Kier alpha value is -1.57. The second-order valence-corrected chi connectivity index (χ2v) is 6.57. The van der Waals surface area contributed by atoms with E-state index in [-0.39, 0.29) is 29.4 Å². The first-order valence-corrected chi connectivity index (χ1v) is 8.77. The molecule has 0 amide bonds. The quantitative estimate of drug-likeness (QED) is 0.401. The van der Waals surface area contributed by atoms with Crippen molar-refractivity contribution in [3.63, 3.8) is 0 Å². The van der Waals surface area contributed by atoms with E-state index in [0.717, 1.165) is 24.6 Å². The monoisotopic (exact) mass is 453 g/mol. The number of aryl methyl sites for hydroxylation is 1. The first kappa shape index (κ1) is 19.8. The lowest BCUT2D eigenvalue weighted by atomic mass is 9.64. The zero-order valence-corrected chi connectivity index (χ0v) is 17.4. The van der Waals surface area contributed by atoms with Gasteiger partial charge in [-0.3, -0.25) is 4.68 Å². The van der Waals surface area contributed by atoms with Crippen LogP contribution in [0, 0.1) is 0 Å². The van der Waals surface area contributed by atoms with Crippen molar-refractivity contribution in [2.24, 2.45) is 12.0 Å². The number of benzene rings is 1. The van der Waals surface area contributed by atoms with Gasteiger partial charge in [0.2, 0.25) is 0 Å². The lowest BCUT2D eigenvalue weighted by Gasteiger charge is -2.43. The standard InChI is InChI=1S/C19H27N5.HI/c1-3-20-18(21-12-16-13-23-24(2)14-16)22-15-19(10-7-11-19)17-8-5-4-6-9-17;/h4-6,8-9,13-14H,3,7,10-12,15H2,1-2H3,(H2,20,21,22);1H. The number of nitrogens with one attached hydrogen (secondary N) is 2. The van der Waals surface area contributed by atoms with E-state index in [9.17, 15) is 0 Å². The van der Waals surface area contributed by atoms with Crippen molar-refractivity contribution in [2.45, 2.75) is 38.1 Å². The fraction of sp³-hybridized carbons (Fsp3) is 0.474. The van der Waals surface area contributed by atoms with Crippen molar-refractivity contribution in [3.8, 4) is 0 Å². The summed E-state index contributed by atoms with van der Waals surface area (Å²) in [5, 5.41) is 11.1. The Bertz CT molecular complexity index is 676.